The fourth-order valence-corrected chi connectivity index (χ4v) is 2.91. The second kappa shape index (κ2) is 4.70. The Kier molecular flexibility index (Phi) is 2.71. The number of ether oxygens (including phenoxy) is 1. The molecule has 1 aromatic heterocycles. The molecule has 0 unspecified atom stereocenters. The van der Waals surface area contributed by atoms with Crippen LogP contribution in [0.2, 0.25) is 0 Å². The molecule has 0 saturated heterocycles. The molecule has 1 aliphatic heterocycles. The summed E-state index contributed by atoms with van der Waals surface area (Å²) in [5, 5.41) is 4.81. The average molecular weight is 276 g/mol. The van der Waals surface area contributed by atoms with E-state index >= 15 is 0 Å². The van der Waals surface area contributed by atoms with Gasteiger partial charge in [0, 0.05) is 17.6 Å². The van der Waals surface area contributed by atoms with Crippen LogP contribution < -0.4 is 10.1 Å². The first-order valence-electron chi connectivity index (χ1n) is 7.05. The highest BCUT2D eigenvalue weighted by atomic mass is 16.5. The van der Waals surface area contributed by atoms with Crippen LogP contribution in [0.4, 0.5) is 11.4 Å². The van der Waals surface area contributed by atoms with E-state index in [4.69, 9.17) is 4.74 Å². The average Bonchev–Trinajstić information content (AvgIpc) is 3.11. The number of anilines is 2. The molecule has 2 aromatic carbocycles. The maximum atomic E-state index is 5.21. The van der Waals surface area contributed by atoms with Crippen molar-refractivity contribution in [2.45, 2.75) is 6.54 Å². The van der Waals surface area contributed by atoms with Gasteiger partial charge in [-0.2, -0.15) is 0 Å². The third-order valence-corrected chi connectivity index (χ3v) is 3.93. The van der Waals surface area contributed by atoms with Gasteiger partial charge in [0.25, 0.3) is 0 Å². The van der Waals surface area contributed by atoms with Gasteiger partial charge in [-0.3, -0.25) is 0 Å². The third kappa shape index (κ3) is 1.89. The standard InChI is InChI=1S/C18H16N2O/c1-21-14-10-8-13(9-11-14)19-18-15-5-2-3-6-16(15)20-12-4-7-17(18)20/h2-11,19H,12H2,1H3. The molecule has 0 radical (unpaired) electrons. The van der Waals surface area contributed by atoms with Gasteiger partial charge in [-0.1, -0.05) is 24.3 Å². The Labute approximate surface area is 123 Å². The second-order valence-electron chi connectivity index (χ2n) is 5.14. The first kappa shape index (κ1) is 12.1. The molecular formula is C18H16N2O. The molecular weight excluding hydrogens is 260 g/mol. The molecule has 0 fully saturated rings. The van der Waals surface area contributed by atoms with Gasteiger partial charge in [0.1, 0.15) is 5.75 Å². The number of nitrogens with zero attached hydrogens (tertiary/aromatic N) is 1. The van der Waals surface area contributed by atoms with Gasteiger partial charge < -0.3 is 14.6 Å². The summed E-state index contributed by atoms with van der Waals surface area (Å²) >= 11 is 0. The Hall–Kier alpha value is -2.68. The monoisotopic (exact) mass is 276 g/mol. The van der Waals surface area contributed by atoms with Gasteiger partial charge in [-0.15, -0.1) is 0 Å². The lowest BCUT2D eigenvalue weighted by molar-refractivity contribution is 0.415. The summed E-state index contributed by atoms with van der Waals surface area (Å²) < 4.78 is 7.54. The largest absolute Gasteiger partial charge is 0.497 e. The molecule has 3 aromatic rings. The zero-order valence-electron chi connectivity index (χ0n) is 11.8. The fourth-order valence-electron chi connectivity index (χ4n) is 2.91. The maximum absolute atomic E-state index is 5.21. The highest BCUT2D eigenvalue weighted by molar-refractivity contribution is 6.00. The van der Waals surface area contributed by atoms with E-state index in [9.17, 15) is 0 Å². The van der Waals surface area contributed by atoms with Gasteiger partial charge in [0.15, 0.2) is 0 Å². The number of para-hydroxylation sites is 1. The molecule has 0 spiro atoms. The lowest BCUT2D eigenvalue weighted by atomic mass is 10.2. The zero-order chi connectivity index (χ0) is 14.2. The van der Waals surface area contributed by atoms with Crippen molar-refractivity contribution < 1.29 is 4.74 Å². The van der Waals surface area contributed by atoms with Gasteiger partial charge >= 0.3 is 0 Å². The highest BCUT2D eigenvalue weighted by Gasteiger charge is 2.17. The molecule has 0 bridgehead atoms. The smallest absolute Gasteiger partial charge is 0.119 e. The molecule has 1 N–H and O–H groups in total. The third-order valence-electron chi connectivity index (χ3n) is 3.93. The summed E-state index contributed by atoms with van der Waals surface area (Å²) in [7, 11) is 1.68. The van der Waals surface area contributed by atoms with Crippen LogP contribution in [0.1, 0.15) is 5.69 Å². The van der Waals surface area contributed by atoms with Crippen molar-refractivity contribution in [3.8, 4) is 5.75 Å². The summed E-state index contributed by atoms with van der Waals surface area (Å²) in [4.78, 5) is 0. The van der Waals surface area contributed by atoms with Crippen molar-refractivity contribution in [3.63, 3.8) is 0 Å². The molecule has 0 aliphatic carbocycles. The minimum atomic E-state index is 0.868. The Balaban J connectivity index is 1.81. The molecule has 0 amide bonds. The number of aromatic nitrogens is 1. The van der Waals surface area contributed by atoms with E-state index in [1.165, 1.54) is 22.3 Å². The zero-order valence-corrected chi connectivity index (χ0v) is 11.8. The normalized spacial score (nSPS) is 12.6. The van der Waals surface area contributed by atoms with Crippen LogP contribution in [0, 0.1) is 0 Å². The van der Waals surface area contributed by atoms with Gasteiger partial charge in [0.2, 0.25) is 0 Å². The SMILES string of the molecule is COc1ccc(Nc2c3n(c4ccccc24)CC=C3)cc1. The quantitative estimate of drug-likeness (QED) is 0.766. The van der Waals surface area contributed by atoms with Crippen LogP contribution in [-0.2, 0) is 6.54 Å². The van der Waals surface area contributed by atoms with Crippen LogP contribution >= 0.6 is 0 Å². The second-order valence-corrected chi connectivity index (χ2v) is 5.14. The number of benzene rings is 2. The first-order chi connectivity index (χ1) is 10.4. The Morgan fingerprint density at radius 2 is 1.86 bits per heavy atom. The van der Waals surface area contributed by atoms with Crippen LogP contribution in [0.5, 0.6) is 5.75 Å². The van der Waals surface area contributed by atoms with Crippen molar-refractivity contribution in [1.82, 2.24) is 4.57 Å². The van der Waals surface area contributed by atoms with E-state index in [0.717, 1.165) is 18.0 Å². The van der Waals surface area contributed by atoms with Gasteiger partial charge in [-0.25, -0.2) is 0 Å². The van der Waals surface area contributed by atoms with Crippen molar-refractivity contribution >= 4 is 28.4 Å². The molecule has 3 nitrogen and oxygen atoms in total. The molecule has 4 rings (SSSR count). The van der Waals surface area contributed by atoms with Crippen molar-refractivity contribution in [2.75, 3.05) is 12.4 Å². The van der Waals surface area contributed by atoms with Crippen molar-refractivity contribution in [2.24, 2.45) is 0 Å². The van der Waals surface area contributed by atoms with E-state index in [1.807, 2.05) is 24.3 Å². The molecule has 3 heteroatoms. The van der Waals surface area contributed by atoms with Crippen molar-refractivity contribution in [1.29, 1.82) is 0 Å². The van der Waals surface area contributed by atoms with E-state index in [-0.39, 0.29) is 0 Å². The topological polar surface area (TPSA) is 26.2 Å². The number of rotatable bonds is 3. The Morgan fingerprint density at radius 3 is 2.67 bits per heavy atom. The fraction of sp³-hybridized carbons (Fsp3) is 0.111. The number of methoxy groups -OCH3 is 1. The predicted octanol–water partition coefficient (Wildman–Crippen LogP) is 4.42. The number of hydrogen-bond acceptors (Lipinski definition) is 2. The first-order valence-corrected chi connectivity index (χ1v) is 7.05. The lowest BCUT2D eigenvalue weighted by Crippen LogP contribution is -1.94. The molecule has 0 saturated carbocycles. The minimum Gasteiger partial charge on any atom is -0.497 e. The molecule has 1 aliphatic rings. The van der Waals surface area contributed by atoms with E-state index in [2.05, 4.69) is 46.3 Å². The molecule has 21 heavy (non-hydrogen) atoms. The molecule has 2 heterocycles. The van der Waals surface area contributed by atoms with Gasteiger partial charge in [0.05, 0.1) is 24.0 Å². The Morgan fingerprint density at radius 1 is 1.05 bits per heavy atom. The van der Waals surface area contributed by atoms with Gasteiger partial charge in [-0.05, 0) is 36.4 Å². The Bertz CT molecular complexity index is 828. The minimum absolute atomic E-state index is 0.868. The summed E-state index contributed by atoms with van der Waals surface area (Å²) in [6.07, 6.45) is 4.38. The number of hydrogen-bond donors (Lipinski definition) is 1. The van der Waals surface area contributed by atoms with Crippen LogP contribution in [0.3, 0.4) is 0 Å². The van der Waals surface area contributed by atoms with Crippen molar-refractivity contribution in [3.05, 3.63) is 60.3 Å². The van der Waals surface area contributed by atoms with E-state index < -0.39 is 0 Å². The van der Waals surface area contributed by atoms with E-state index in [1.54, 1.807) is 7.11 Å². The number of nitrogens with one attached hydrogen (secondary N) is 1. The summed E-state index contributed by atoms with van der Waals surface area (Å²) in [6, 6.07) is 16.5. The molecule has 0 atom stereocenters. The highest BCUT2D eigenvalue weighted by Crippen LogP contribution is 2.36. The van der Waals surface area contributed by atoms with Crippen LogP contribution in [0.15, 0.2) is 54.6 Å². The lowest BCUT2D eigenvalue weighted by Gasteiger charge is -2.08. The summed E-state index contributed by atoms with van der Waals surface area (Å²) in [6.45, 7) is 0.945. The summed E-state index contributed by atoms with van der Waals surface area (Å²) in [5.74, 6) is 0.868. The number of allylic oxidation sites excluding steroid dienone is 1. The van der Waals surface area contributed by atoms with E-state index in [0.29, 0.717) is 0 Å². The van der Waals surface area contributed by atoms with Crippen LogP contribution in [0.25, 0.3) is 17.0 Å². The predicted molar refractivity (Wildman–Crippen MR) is 87.2 cm³/mol. The number of fused-ring (bicyclic) bond motifs is 3. The molecule has 104 valence electrons. The van der Waals surface area contributed by atoms with Crippen LogP contribution in [-0.4, -0.2) is 11.7 Å². The summed E-state index contributed by atoms with van der Waals surface area (Å²) in [5.41, 5.74) is 4.75. The maximum Gasteiger partial charge on any atom is 0.119 e.